The summed E-state index contributed by atoms with van der Waals surface area (Å²) in [6.07, 6.45) is 0. The van der Waals surface area contributed by atoms with Crippen LogP contribution in [-0.2, 0) is 14.8 Å². The Morgan fingerprint density at radius 1 is 1.15 bits per heavy atom. The molecule has 10 heteroatoms. The maximum absolute atomic E-state index is 12.8. The fourth-order valence-electron chi connectivity index (χ4n) is 2.85. The summed E-state index contributed by atoms with van der Waals surface area (Å²) in [6.45, 7) is 3.13. The fourth-order valence-corrected chi connectivity index (χ4v) is 5.69. The number of carbonyl (C=O) groups excluding carboxylic acids is 1. The van der Waals surface area contributed by atoms with Crippen LogP contribution in [0.5, 0.6) is 17.2 Å². The molecule has 0 spiro atoms. The Morgan fingerprint density at radius 2 is 1.89 bits per heavy atom. The van der Waals surface area contributed by atoms with Crippen molar-refractivity contribution in [2.45, 2.75) is 11.8 Å². The van der Waals surface area contributed by atoms with Gasteiger partial charge in [-0.1, -0.05) is 0 Å². The van der Waals surface area contributed by atoms with Gasteiger partial charge in [-0.15, -0.1) is 11.3 Å². The largest absolute Gasteiger partial charge is 0.454 e. The number of aryl methyl sites for hydroxylation is 1. The van der Waals surface area contributed by atoms with E-state index in [9.17, 15) is 13.2 Å². The molecule has 0 radical (unpaired) electrons. The first-order valence-corrected chi connectivity index (χ1v) is 10.5. The molecular weight excluding hydrogens is 394 g/mol. The Labute approximate surface area is 160 Å². The van der Waals surface area contributed by atoms with E-state index in [4.69, 9.17) is 18.9 Å². The number of hydrogen-bond acceptors (Lipinski definition) is 8. The first-order valence-electron chi connectivity index (χ1n) is 8.25. The first kappa shape index (κ1) is 18.2. The lowest BCUT2D eigenvalue weighted by Crippen LogP contribution is -2.40. The molecule has 0 aliphatic carbocycles. The van der Waals surface area contributed by atoms with Gasteiger partial charge in [0.2, 0.25) is 16.8 Å². The summed E-state index contributed by atoms with van der Waals surface area (Å²) in [4.78, 5) is 13.4. The Hall–Kier alpha value is -2.14. The quantitative estimate of drug-likeness (QED) is 0.561. The number of esters is 1. The molecule has 0 bridgehead atoms. The van der Waals surface area contributed by atoms with Gasteiger partial charge in [-0.2, -0.15) is 4.31 Å². The Morgan fingerprint density at radius 3 is 2.67 bits per heavy atom. The summed E-state index contributed by atoms with van der Waals surface area (Å²) in [7, 11) is -3.67. The third kappa shape index (κ3) is 3.53. The number of carbonyl (C=O) groups is 1. The maximum Gasteiger partial charge on any atom is 0.353 e. The second-order valence-corrected chi connectivity index (χ2v) is 9.11. The minimum atomic E-state index is -3.67. The number of rotatable bonds is 4. The zero-order chi connectivity index (χ0) is 19.0. The van der Waals surface area contributed by atoms with Gasteiger partial charge in [0.25, 0.3) is 0 Å². The Kier molecular flexibility index (Phi) is 4.81. The zero-order valence-electron chi connectivity index (χ0n) is 14.5. The van der Waals surface area contributed by atoms with Crippen LogP contribution in [0.2, 0.25) is 0 Å². The summed E-state index contributed by atoms with van der Waals surface area (Å²) in [5.74, 6) is 0.761. The van der Waals surface area contributed by atoms with Crippen molar-refractivity contribution in [3.8, 4) is 17.2 Å². The van der Waals surface area contributed by atoms with Gasteiger partial charge in [-0.25, -0.2) is 13.2 Å². The molecule has 1 aromatic carbocycles. The summed E-state index contributed by atoms with van der Waals surface area (Å²) < 4.78 is 48.1. The highest BCUT2D eigenvalue weighted by molar-refractivity contribution is 7.89. The lowest BCUT2D eigenvalue weighted by atomic mass is 10.3. The van der Waals surface area contributed by atoms with E-state index >= 15 is 0 Å². The summed E-state index contributed by atoms with van der Waals surface area (Å²) in [6, 6.07) is 6.18. The molecule has 27 heavy (non-hydrogen) atoms. The molecule has 0 N–H and O–H groups in total. The van der Waals surface area contributed by atoms with E-state index in [0.717, 1.165) is 11.3 Å². The van der Waals surface area contributed by atoms with Crippen molar-refractivity contribution in [2.24, 2.45) is 0 Å². The minimum absolute atomic E-state index is 0.125. The van der Waals surface area contributed by atoms with E-state index in [2.05, 4.69) is 0 Å². The number of hydrogen-bond donors (Lipinski definition) is 0. The minimum Gasteiger partial charge on any atom is -0.454 e. The molecule has 144 valence electrons. The van der Waals surface area contributed by atoms with Gasteiger partial charge >= 0.3 is 5.97 Å². The van der Waals surface area contributed by atoms with Crippen LogP contribution in [0.1, 0.15) is 14.5 Å². The second kappa shape index (κ2) is 7.12. The molecule has 3 heterocycles. The van der Waals surface area contributed by atoms with Crippen LogP contribution in [0.15, 0.2) is 29.2 Å². The number of fused-ring (bicyclic) bond motifs is 1. The van der Waals surface area contributed by atoms with Crippen LogP contribution in [0.4, 0.5) is 0 Å². The van der Waals surface area contributed by atoms with Gasteiger partial charge in [0.1, 0.15) is 10.6 Å². The number of benzene rings is 1. The maximum atomic E-state index is 12.8. The van der Waals surface area contributed by atoms with Gasteiger partial charge in [0.05, 0.1) is 18.1 Å². The van der Waals surface area contributed by atoms with Crippen LogP contribution in [0, 0.1) is 6.92 Å². The highest BCUT2D eigenvalue weighted by Crippen LogP contribution is 2.36. The monoisotopic (exact) mass is 411 g/mol. The number of thiophene rings is 1. The number of ether oxygens (including phenoxy) is 4. The molecule has 0 atom stereocenters. The molecule has 4 rings (SSSR count). The molecule has 2 aliphatic rings. The van der Waals surface area contributed by atoms with Crippen LogP contribution >= 0.6 is 11.3 Å². The topological polar surface area (TPSA) is 91.4 Å². The third-order valence-electron chi connectivity index (χ3n) is 4.22. The number of morpholine rings is 1. The van der Waals surface area contributed by atoms with Crippen molar-refractivity contribution < 1.29 is 32.2 Å². The van der Waals surface area contributed by atoms with Crippen molar-refractivity contribution >= 4 is 27.3 Å². The molecule has 0 amide bonds. The molecule has 1 aromatic heterocycles. The SMILES string of the molecule is Cc1sc(C(=O)Oc2ccc3c(c2)OCO3)cc1S(=O)(=O)N1CCOCC1. The lowest BCUT2D eigenvalue weighted by Gasteiger charge is -2.25. The van der Waals surface area contributed by atoms with Gasteiger partial charge < -0.3 is 18.9 Å². The van der Waals surface area contributed by atoms with Crippen LogP contribution < -0.4 is 14.2 Å². The molecule has 0 unspecified atom stereocenters. The lowest BCUT2D eigenvalue weighted by molar-refractivity contribution is 0.0729. The molecule has 1 saturated heterocycles. The Balaban J connectivity index is 1.54. The summed E-state index contributed by atoms with van der Waals surface area (Å²) >= 11 is 1.09. The van der Waals surface area contributed by atoms with Crippen LogP contribution in [-0.4, -0.2) is 51.8 Å². The van der Waals surface area contributed by atoms with Crippen LogP contribution in [0.25, 0.3) is 0 Å². The number of nitrogens with zero attached hydrogens (tertiary/aromatic N) is 1. The van der Waals surface area contributed by atoms with Crippen molar-refractivity contribution in [3.63, 3.8) is 0 Å². The average Bonchev–Trinajstić information content (AvgIpc) is 3.28. The highest BCUT2D eigenvalue weighted by atomic mass is 32.2. The first-order chi connectivity index (χ1) is 12.9. The normalized spacial score (nSPS) is 17.1. The van der Waals surface area contributed by atoms with E-state index in [1.807, 2.05) is 0 Å². The summed E-state index contributed by atoms with van der Waals surface area (Å²) in [5.41, 5.74) is 0. The van der Waals surface area contributed by atoms with Gasteiger partial charge in [-0.05, 0) is 25.1 Å². The van der Waals surface area contributed by atoms with Crippen molar-refractivity contribution in [2.75, 3.05) is 33.1 Å². The van der Waals surface area contributed by atoms with E-state index in [0.29, 0.717) is 48.4 Å². The molecule has 2 aliphatic heterocycles. The second-order valence-electron chi connectivity index (χ2n) is 5.95. The molecule has 8 nitrogen and oxygen atoms in total. The van der Waals surface area contributed by atoms with Crippen LogP contribution in [0.3, 0.4) is 0 Å². The molecule has 0 saturated carbocycles. The average molecular weight is 411 g/mol. The predicted octanol–water partition coefficient (Wildman–Crippen LogP) is 2.03. The highest BCUT2D eigenvalue weighted by Gasteiger charge is 2.30. The third-order valence-corrected chi connectivity index (χ3v) is 7.40. The molecule has 2 aromatic rings. The smallest absolute Gasteiger partial charge is 0.353 e. The van der Waals surface area contributed by atoms with Crippen molar-refractivity contribution in [3.05, 3.63) is 34.0 Å². The van der Waals surface area contributed by atoms with Gasteiger partial charge in [0.15, 0.2) is 11.5 Å². The van der Waals surface area contributed by atoms with E-state index < -0.39 is 16.0 Å². The van der Waals surface area contributed by atoms with Crippen molar-refractivity contribution in [1.82, 2.24) is 4.31 Å². The van der Waals surface area contributed by atoms with E-state index in [1.54, 1.807) is 25.1 Å². The Bertz CT molecular complexity index is 977. The zero-order valence-corrected chi connectivity index (χ0v) is 16.1. The molecular formula is C17H17NO7S2. The van der Waals surface area contributed by atoms with Gasteiger partial charge in [-0.3, -0.25) is 0 Å². The number of sulfonamides is 1. The predicted molar refractivity (Wildman–Crippen MR) is 96.2 cm³/mol. The van der Waals surface area contributed by atoms with Crippen molar-refractivity contribution in [1.29, 1.82) is 0 Å². The van der Waals surface area contributed by atoms with E-state index in [1.165, 1.54) is 10.4 Å². The van der Waals surface area contributed by atoms with E-state index in [-0.39, 0.29) is 16.6 Å². The fraction of sp³-hybridized carbons (Fsp3) is 0.353. The van der Waals surface area contributed by atoms with Gasteiger partial charge in [0, 0.05) is 24.0 Å². The summed E-state index contributed by atoms with van der Waals surface area (Å²) in [5, 5.41) is 0. The molecule has 1 fully saturated rings. The standard InChI is InChI=1S/C17H17NO7S2/c1-11-16(27(20,21)18-4-6-22-7-5-18)9-15(26-11)17(19)25-12-2-3-13-14(8-12)24-10-23-13/h2-3,8-9H,4-7,10H2,1H3.